The van der Waals surface area contributed by atoms with Gasteiger partial charge in [0.2, 0.25) is 0 Å². The van der Waals surface area contributed by atoms with Gasteiger partial charge in [0, 0.05) is 13.7 Å². The van der Waals surface area contributed by atoms with Gasteiger partial charge in [-0.15, -0.1) is 12.4 Å². The first-order chi connectivity index (χ1) is 3.41. The van der Waals surface area contributed by atoms with E-state index in [4.69, 9.17) is 4.74 Å². The normalized spacial score (nSPS) is 8.25. The Morgan fingerprint density at radius 2 is 1.88 bits per heavy atom. The predicted molar refractivity (Wildman–Crippen MR) is 38.6 cm³/mol. The smallest absolute Gasteiger partial charge is 0.0462 e. The highest BCUT2D eigenvalue weighted by atomic mass is 35.5. The van der Waals surface area contributed by atoms with Gasteiger partial charge in [-0.2, -0.15) is 0 Å². The standard InChI is InChI=1S/C6H14O.ClH/c1-3-4-5-6-7-2;/h3-6H2,1-2H3;1H. The molecule has 0 saturated heterocycles. The fraction of sp³-hybridized carbons (Fsp3) is 1.00. The summed E-state index contributed by atoms with van der Waals surface area (Å²) in [5.74, 6) is 0. The zero-order valence-corrected chi connectivity index (χ0v) is 6.46. The average molecular weight is 139 g/mol. The van der Waals surface area contributed by atoms with E-state index < -0.39 is 0 Å². The SMILES string of the molecule is CCCCCOC.Cl. The van der Waals surface area contributed by atoms with Crippen molar-refractivity contribution in [1.82, 2.24) is 0 Å². The zero-order chi connectivity index (χ0) is 5.54. The molecule has 0 radical (unpaired) electrons. The lowest BCUT2D eigenvalue weighted by Gasteiger charge is -1.92. The second kappa shape index (κ2) is 10.3. The molecule has 1 nitrogen and oxygen atoms in total. The van der Waals surface area contributed by atoms with E-state index in [1.807, 2.05) is 0 Å². The second-order valence-corrected chi connectivity index (χ2v) is 1.70. The summed E-state index contributed by atoms with van der Waals surface area (Å²) in [6.45, 7) is 3.11. The van der Waals surface area contributed by atoms with Crippen LogP contribution in [0.15, 0.2) is 0 Å². The van der Waals surface area contributed by atoms with Gasteiger partial charge in [-0.05, 0) is 6.42 Å². The summed E-state index contributed by atoms with van der Waals surface area (Å²) in [4.78, 5) is 0. The van der Waals surface area contributed by atoms with E-state index in [-0.39, 0.29) is 12.4 Å². The lowest BCUT2D eigenvalue weighted by Crippen LogP contribution is -1.85. The van der Waals surface area contributed by atoms with Crippen molar-refractivity contribution in [3.05, 3.63) is 0 Å². The number of rotatable bonds is 4. The highest BCUT2D eigenvalue weighted by Crippen LogP contribution is 1.91. The van der Waals surface area contributed by atoms with Crippen LogP contribution in [-0.4, -0.2) is 13.7 Å². The van der Waals surface area contributed by atoms with Crippen LogP contribution in [-0.2, 0) is 4.74 Å². The van der Waals surface area contributed by atoms with E-state index >= 15 is 0 Å². The van der Waals surface area contributed by atoms with Crippen molar-refractivity contribution < 1.29 is 4.74 Å². The molecule has 0 aromatic carbocycles. The molecule has 0 spiro atoms. The Bertz CT molecular complexity index is 27.7. The van der Waals surface area contributed by atoms with Gasteiger partial charge in [0.25, 0.3) is 0 Å². The van der Waals surface area contributed by atoms with Crippen LogP contribution in [0.3, 0.4) is 0 Å². The molecule has 0 aliphatic rings. The van der Waals surface area contributed by atoms with Gasteiger partial charge in [-0.3, -0.25) is 0 Å². The minimum absolute atomic E-state index is 0. The molecular weight excluding hydrogens is 124 g/mol. The van der Waals surface area contributed by atoms with Crippen LogP contribution in [0.4, 0.5) is 0 Å². The van der Waals surface area contributed by atoms with Crippen molar-refractivity contribution >= 4 is 12.4 Å². The first-order valence-electron chi connectivity index (χ1n) is 2.90. The monoisotopic (exact) mass is 138 g/mol. The van der Waals surface area contributed by atoms with Crippen molar-refractivity contribution in [3.8, 4) is 0 Å². The lowest BCUT2D eigenvalue weighted by atomic mass is 10.3. The van der Waals surface area contributed by atoms with E-state index in [0.29, 0.717) is 0 Å². The van der Waals surface area contributed by atoms with Gasteiger partial charge >= 0.3 is 0 Å². The van der Waals surface area contributed by atoms with Gasteiger partial charge in [-0.1, -0.05) is 19.8 Å². The molecule has 0 fully saturated rings. The first-order valence-corrected chi connectivity index (χ1v) is 2.90. The summed E-state index contributed by atoms with van der Waals surface area (Å²) in [5, 5.41) is 0. The molecular formula is C6H15ClO. The summed E-state index contributed by atoms with van der Waals surface area (Å²) in [6, 6.07) is 0. The van der Waals surface area contributed by atoms with Gasteiger partial charge in [0.1, 0.15) is 0 Å². The third-order valence-corrected chi connectivity index (χ3v) is 0.952. The molecule has 0 heterocycles. The topological polar surface area (TPSA) is 9.23 Å². The minimum Gasteiger partial charge on any atom is -0.385 e. The van der Waals surface area contributed by atoms with Gasteiger partial charge in [0.05, 0.1) is 0 Å². The third-order valence-electron chi connectivity index (χ3n) is 0.952. The van der Waals surface area contributed by atoms with Crippen molar-refractivity contribution in [2.75, 3.05) is 13.7 Å². The fourth-order valence-electron chi connectivity index (χ4n) is 0.496. The number of hydrogen-bond acceptors (Lipinski definition) is 1. The minimum atomic E-state index is 0. The molecule has 0 bridgehead atoms. The molecule has 2 heteroatoms. The van der Waals surface area contributed by atoms with Crippen molar-refractivity contribution in [1.29, 1.82) is 0 Å². The number of ether oxygens (including phenoxy) is 1. The highest BCUT2D eigenvalue weighted by molar-refractivity contribution is 5.85. The van der Waals surface area contributed by atoms with E-state index in [9.17, 15) is 0 Å². The molecule has 0 aliphatic carbocycles. The number of hydrogen-bond donors (Lipinski definition) is 0. The van der Waals surface area contributed by atoms with Crippen LogP contribution in [0.5, 0.6) is 0 Å². The molecule has 0 atom stereocenters. The number of halogens is 1. The Kier molecular flexibility index (Phi) is 14.3. The number of unbranched alkanes of at least 4 members (excludes halogenated alkanes) is 2. The van der Waals surface area contributed by atoms with Gasteiger partial charge in [-0.25, -0.2) is 0 Å². The Morgan fingerprint density at radius 3 is 2.25 bits per heavy atom. The van der Waals surface area contributed by atoms with E-state index in [2.05, 4.69) is 6.92 Å². The maximum absolute atomic E-state index is 4.84. The molecule has 8 heavy (non-hydrogen) atoms. The van der Waals surface area contributed by atoms with Crippen LogP contribution in [0.2, 0.25) is 0 Å². The van der Waals surface area contributed by atoms with Crippen LogP contribution in [0.25, 0.3) is 0 Å². The molecule has 0 N–H and O–H groups in total. The summed E-state index contributed by atoms with van der Waals surface area (Å²) in [5.41, 5.74) is 0. The van der Waals surface area contributed by atoms with Gasteiger partial charge in [0.15, 0.2) is 0 Å². The van der Waals surface area contributed by atoms with Crippen LogP contribution < -0.4 is 0 Å². The maximum Gasteiger partial charge on any atom is 0.0462 e. The highest BCUT2D eigenvalue weighted by Gasteiger charge is 1.79. The van der Waals surface area contributed by atoms with E-state index in [0.717, 1.165) is 6.61 Å². The summed E-state index contributed by atoms with van der Waals surface area (Å²) >= 11 is 0. The molecule has 0 aromatic heterocycles. The molecule has 0 aliphatic heterocycles. The Labute approximate surface area is 57.8 Å². The Balaban J connectivity index is 0. The average Bonchev–Trinajstić information content (AvgIpc) is 1.69. The second-order valence-electron chi connectivity index (χ2n) is 1.70. The Hall–Kier alpha value is 0.250. The summed E-state index contributed by atoms with van der Waals surface area (Å²) < 4.78 is 4.84. The molecule has 52 valence electrons. The quantitative estimate of drug-likeness (QED) is 0.542. The van der Waals surface area contributed by atoms with Crippen LogP contribution >= 0.6 is 12.4 Å². The van der Waals surface area contributed by atoms with Crippen LogP contribution in [0, 0.1) is 0 Å². The van der Waals surface area contributed by atoms with E-state index in [1.165, 1.54) is 19.3 Å². The molecule has 0 rings (SSSR count). The summed E-state index contributed by atoms with van der Waals surface area (Å²) in [6.07, 6.45) is 3.80. The molecule has 0 aromatic rings. The maximum atomic E-state index is 4.84. The summed E-state index contributed by atoms with van der Waals surface area (Å²) in [7, 11) is 1.75. The Morgan fingerprint density at radius 1 is 1.25 bits per heavy atom. The first kappa shape index (κ1) is 11.1. The molecule has 0 unspecified atom stereocenters. The third kappa shape index (κ3) is 9.54. The molecule has 0 saturated carbocycles. The van der Waals surface area contributed by atoms with Crippen molar-refractivity contribution in [2.45, 2.75) is 26.2 Å². The molecule has 0 amide bonds. The van der Waals surface area contributed by atoms with Crippen molar-refractivity contribution in [3.63, 3.8) is 0 Å². The fourth-order valence-corrected chi connectivity index (χ4v) is 0.496. The van der Waals surface area contributed by atoms with Crippen LogP contribution in [0.1, 0.15) is 26.2 Å². The lowest BCUT2D eigenvalue weighted by molar-refractivity contribution is 0.192. The largest absolute Gasteiger partial charge is 0.385 e. The number of methoxy groups -OCH3 is 1. The van der Waals surface area contributed by atoms with Crippen molar-refractivity contribution in [2.24, 2.45) is 0 Å². The zero-order valence-electron chi connectivity index (χ0n) is 5.64. The predicted octanol–water partition coefficient (Wildman–Crippen LogP) is 2.24. The van der Waals surface area contributed by atoms with E-state index in [1.54, 1.807) is 7.11 Å². The van der Waals surface area contributed by atoms with Gasteiger partial charge < -0.3 is 4.74 Å².